The van der Waals surface area contributed by atoms with E-state index in [1.54, 1.807) is 0 Å². The fourth-order valence-electron chi connectivity index (χ4n) is 0. The van der Waals surface area contributed by atoms with Gasteiger partial charge in [0.05, 0.1) is 7.85 Å². The average molecular weight is 212 g/mol. The Labute approximate surface area is 75.0 Å². The Morgan fingerprint density at radius 2 is 1.33 bits per heavy atom. The van der Waals surface area contributed by atoms with Gasteiger partial charge in [-0.25, -0.2) is 0 Å². The quantitative estimate of drug-likeness (QED) is 0.418. The first-order chi connectivity index (χ1) is 2.41. The van der Waals surface area contributed by atoms with Crippen molar-refractivity contribution in [3.63, 3.8) is 0 Å². The molecule has 0 heterocycles. The Hall–Kier alpha value is 1.42. The topological polar surface area (TPSA) is 0 Å². The molecule has 0 aliphatic heterocycles. The molecule has 0 atom stereocenters. The smallest absolute Gasteiger partial charge is 0.0606 e. The molecule has 0 nitrogen and oxygen atoms in total. The number of rotatable bonds is 0. The van der Waals surface area contributed by atoms with Crippen molar-refractivity contribution in [1.29, 1.82) is 0 Å². The van der Waals surface area contributed by atoms with E-state index in [9.17, 15) is 0 Å². The van der Waals surface area contributed by atoms with Gasteiger partial charge in [0, 0.05) is 40.8 Å². The van der Waals surface area contributed by atoms with Crippen LogP contribution >= 0.6 is 0 Å². The van der Waals surface area contributed by atoms with Crippen LogP contribution in [0, 0.1) is 54.7 Å². The first kappa shape index (κ1) is 15.7. The van der Waals surface area contributed by atoms with Gasteiger partial charge in [-0.1, -0.05) is 6.82 Å². The third-order valence-electron chi connectivity index (χ3n) is 0. The molecule has 0 rings (SSSR count). The van der Waals surface area contributed by atoms with Crippen LogP contribution in [0.3, 0.4) is 0 Å². The molecule has 0 aromatic carbocycles. The van der Waals surface area contributed by atoms with E-state index in [-0.39, 0.29) is 40.8 Å². The number of hydrogen-bond donors (Lipinski definition) is 0. The van der Waals surface area contributed by atoms with Crippen molar-refractivity contribution in [2.75, 3.05) is 0 Å². The Kier molecular flexibility index (Phi) is 84.1. The summed E-state index contributed by atoms with van der Waals surface area (Å²) in [5.41, 5.74) is 0. The molecule has 34 valence electrons. The molecule has 0 aromatic rings. The van der Waals surface area contributed by atoms with Crippen LogP contribution in [0.25, 0.3) is 0 Å². The zero-order valence-corrected chi connectivity index (χ0v) is 7.41. The van der Waals surface area contributed by atoms with Crippen LogP contribution in [-0.4, -0.2) is 7.85 Å². The van der Waals surface area contributed by atoms with E-state index in [2.05, 4.69) is 21.7 Å². The molecule has 0 fully saturated rings. The fraction of sp³-hybridized carbons (Fsp3) is 0.500. The predicted molar refractivity (Wildman–Crippen MR) is 26.9 cm³/mol. The molecule has 0 bridgehead atoms. The molecule has 0 N–H and O–H groups in total. The minimum Gasteiger partial charge on any atom is -0.372 e. The Bertz CT molecular complexity index is 7.51. The van der Waals surface area contributed by atoms with Gasteiger partial charge in [-0.3, -0.25) is 0 Å². The molecule has 0 saturated carbocycles. The molecular weight excluding hydrogens is 203 g/mol. The fourth-order valence-corrected chi connectivity index (χ4v) is 0. The Balaban J connectivity index is -0.0000000275. The Morgan fingerprint density at radius 3 is 1.33 bits per heavy atom. The van der Waals surface area contributed by atoms with E-state index in [4.69, 9.17) is 0 Å². The van der Waals surface area contributed by atoms with Crippen molar-refractivity contribution >= 4 is 7.85 Å². The van der Waals surface area contributed by atoms with E-state index in [0.29, 0.717) is 0 Å². The maximum Gasteiger partial charge on any atom is 0.0606 e. The van der Waals surface area contributed by atoms with Crippen LogP contribution in [0.1, 0.15) is 6.42 Å². The Morgan fingerprint density at radius 1 is 1.33 bits per heavy atom. The molecule has 0 aliphatic rings. The standard InChI is InChI=1S/C3H6.CH3B.Nd/c1-3-2;1-2;/h1-3H2;1H3;/q-2;;. The summed E-state index contributed by atoms with van der Waals surface area (Å²) < 4.78 is 0. The second-order valence-electron chi connectivity index (χ2n) is 0.354. The molecule has 0 aliphatic carbocycles. The third-order valence-corrected chi connectivity index (χ3v) is 0. The van der Waals surface area contributed by atoms with E-state index in [1.807, 2.05) is 0 Å². The summed E-state index contributed by atoms with van der Waals surface area (Å²) in [6, 6.07) is 0. The van der Waals surface area contributed by atoms with Gasteiger partial charge < -0.3 is 20.3 Å². The van der Waals surface area contributed by atoms with Gasteiger partial charge >= 0.3 is 0 Å². The summed E-state index contributed by atoms with van der Waals surface area (Å²) in [5.74, 6) is 0. The second-order valence-corrected chi connectivity index (χ2v) is 0.354. The van der Waals surface area contributed by atoms with Crippen LogP contribution in [0.4, 0.5) is 0 Å². The average Bonchev–Trinajstić information content (AvgIpc) is 1.46. The third kappa shape index (κ3) is 52.7. The van der Waals surface area contributed by atoms with Crippen molar-refractivity contribution in [3.8, 4) is 0 Å². The minimum absolute atomic E-state index is 0. The maximum atomic E-state index is 4.50. The molecule has 6 heavy (non-hydrogen) atoms. The molecule has 2 radical (unpaired) electrons. The van der Waals surface area contributed by atoms with Crippen LogP contribution in [0.15, 0.2) is 0 Å². The van der Waals surface area contributed by atoms with Crippen molar-refractivity contribution in [1.82, 2.24) is 0 Å². The number of hydrogen-bond acceptors (Lipinski definition) is 0. The SMILES string of the molecule is [B]C.[CH2-]C[CH2-].[Nd]. The second kappa shape index (κ2) is 32.2. The predicted octanol–water partition coefficient (Wildman–Crippen LogP) is 1.25. The first-order valence-corrected chi connectivity index (χ1v) is 1.58. The summed E-state index contributed by atoms with van der Waals surface area (Å²) >= 11 is 0. The van der Waals surface area contributed by atoms with E-state index >= 15 is 0 Å². The summed E-state index contributed by atoms with van der Waals surface area (Å²) in [6.45, 7) is 8.25. The monoisotopic (exact) mass is 210 g/mol. The van der Waals surface area contributed by atoms with Gasteiger partial charge in [-0.15, -0.1) is 0 Å². The van der Waals surface area contributed by atoms with Gasteiger partial charge in [0.2, 0.25) is 0 Å². The molecule has 0 spiro atoms. The van der Waals surface area contributed by atoms with Crippen molar-refractivity contribution in [2.45, 2.75) is 13.2 Å². The summed E-state index contributed by atoms with van der Waals surface area (Å²) in [7, 11) is 4.50. The van der Waals surface area contributed by atoms with Crippen molar-refractivity contribution in [3.05, 3.63) is 13.8 Å². The minimum atomic E-state index is 0. The van der Waals surface area contributed by atoms with Gasteiger partial charge in [0.25, 0.3) is 0 Å². The van der Waals surface area contributed by atoms with Crippen LogP contribution in [-0.2, 0) is 0 Å². The van der Waals surface area contributed by atoms with Gasteiger partial charge in [0.1, 0.15) is 0 Å². The zero-order valence-electron chi connectivity index (χ0n) is 4.20. The van der Waals surface area contributed by atoms with Crippen molar-refractivity contribution in [2.24, 2.45) is 0 Å². The summed E-state index contributed by atoms with van der Waals surface area (Å²) in [6.07, 6.45) is 0.750. The van der Waals surface area contributed by atoms with E-state index < -0.39 is 0 Å². The van der Waals surface area contributed by atoms with Gasteiger partial charge in [-0.05, 0) is 0 Å². The van der Waals surface area contributed by atoms with E-state index in [0.717, 1.165) is 6.42 Å². The normalized spacial score (nSPS) is 3.83. The molecule has 0 unspecified atom stereocenters. The molecule has 0 saturated heterocycles. The first-order valence-electron chi connectivity index (χ1n) is 1.58. The van der Waals surface area contributed by atoms with Gasteiger partial charge in [0.15, 0.2) is 0 Å². The van der Waals surface area contributed by atoms with Crippen LogP contribution in [0.5, 0.6) is 0 Å². The van der Waals surface area contributed by atoms with Crippen molar-refractivity contribution < 1.29 is 40.8 Å². The summed E-state index contributed by atoms with van der Waals surface area (Å²) in [5, 5.41) is 0. The van der Waals surface area contributed by atoms with Crippen LogP contribution in [0.2, 0.25) is 6.82 Å². The summed E-state index contributed by atoms with van der Waals surface area (Å²) in [4.78, 5) is 0. The molecule has 2 heteroatoms. The zero-order chi connectivity index (χ0) is 4.71. The molecular formula is C4H9BNd-2. The van der Waals surface area contributed by atoms with Crippen LogP contribution < -0.4 is 0 Å². The molecule has 0 aromatic heterocycles. The van der Waals surface area contributed by atoms with Gasteiger partial charge in [-0.2, -0.15) is 0 Å². The maximum absolute atomic E-state index is 4.50. The van der Waals surface area contributed by atoms with E-state index in [1.165, 1.54) is 6.82 Å². The largest absolute Gasteiger partial charge is 0.372 e. The molecule has 0 amide bonds.